The van der Waals surface area contributed by atoms with Crippen LogP contribution in [0, 0.1) is 0 Å². The van der Waals surface area contributed by atoms with Crippen LogP contribution in [0.1, 0.15) is 26.7 Å². The van der Waals surface area contributed by atoms with E-state index in [-0.39, 0.29) is 10.9 Å². The summed E-state index contributed by atoms with van der Waals surface area (Å²) in [6.07, 6.45) is 3.25. The fraction of sp³-hybridized carbons (Fsp3) is 0.385. The molecule has 0 radical (unpaired) electrons. The van der Waals surface area contributed by atoms with Gasteiger partial charge in [0.05, 0.1) is 0 Å². The summed E-state index contributed by atoms with van der Waals surface area (Å²) in [6.45, 7) is 3.89. The number of hydrogen-bond donors (Lipinski definition) is 3. The van der Waals surface area contributed by atoms with Gasteiger partial charge < -0.3 is 10.7 Å². The smallest absolute Gasteiger partial charge is 0.242 e. The van der Waals surface area contributed by atoms with E-state index in [4.69, 9.17) is 5.73 Å². The summed E-state index contributed by atoms with van der Waals surface area (Å²) in [4.78, 5) is 3.20. The maximum absolute atomic E-state index is 12.3. The number of benzene rings is 1. The maximum Gasteiger partial charge on any atom is 0.242 e. The lowest BCUT2D eigenvalue weighted by Crippen LogP contribution is -2.32. The van der Waals surface area contributed by atoms with Gasteiger partial charge in [0.1, 0.15) is 4.90 Å². The molecule has 1 heterocycles. The molecule has 1 aromatic carbocycles. The molecule has 2 aromatic rings. The number of anilines is 1. The van der Waals surface area contributed by atoms with Crippen molar-refractivity contribution in [2.75, 3.05) is 5.73 Å². The second-order valence-electron chi connectivity index (χ2n) is 4.77. The summed E-state index contributed by atoms with van der Waals surface area (Å²) < 4.78 is 27.3. The monoisotopic (exact) mass is 281 g/mol. The van der Waals surface area contributed by atoms with Crippen LogP contribution < -0.4 is 10.5 Å². The average molecular weight is 281 g/mol. The van der Waals surface area contributed by atoms with Gasteiger partial charge in [0.15, 0.2) is 0 Å². The summed E-state index contributed by atoms with van der Waals surface area (Å²) in [5.41, 5.74) is 7.02. The highest BCUT2D eigenvalue weighted by Crippen LogP contribution is 2.24. The Morgan fingerprint density at radius 1 is 1.42 bits per heavy atom. The van der Waals surface area contributed by atoms with Gasteiger partial charge in [0, 0.05) is 28.8 Å². The molecule has 19 heavy (non-hydrogen) atoms. The minimum absolute atomic E-state index is 0.0824. The average Bonchev–Trinajstić information content (AvgIpc) is 2.71. The summed E-state index contributed by atoms with van der Waals surface area (Å²) in [5.74, 6) is 0. The zero-order valence-electron chi connectivity index (χ0n) is 11.1. The van der Waals surface area contributed by atoms with E-state index in [2.05, 4.69) is 9.71 Å². The van der Waals surface area contributed by atoms with E-state index in [0.29, 0.717) is 11.1 Å². The van der Waals surface area contributed by atoms with E-state index in [9.17, 15) is 8.42 Å². The molecule has 1 atom stereocenters. The van der Waals surface area contributed by atoms with Crippen LogP contribution in [0.2, 0.25) is 0 Å². The van der Waals surface area contributed by atoms with Crippen molar-refractivity contribution in [3.05, 3.63) is 24.4 Å². The molecule has 0 saturated heterocycles. The molecule has 2 rings (SSSR count). The number of H-pyrrole nitrogens is 1. The first-order chi connectivity index (χ1) is 8.94. The first-order valence-electron chi connectivity index (χ1n) is 6.33. The molecule has 0 aliphatic heterocycles. The highest BCUT2D eigenvalue weighted by Gasteiger charge is 2.20. The Morgan fingerprint density at radius 2 is 2.16 bits per heavy atom. The SMILES string of the molecule is CCCC(C)NS(=O)(=O)c1c[nH]c2ccc(N)cc12. The number of rotatable bonds is 5. The van der Waals surface area contributed by atoms with Crippen molar-refractivity contribution in [3.8, 4) is 0 Å². The Balaban J connectivity index is 2.40. The van der Waals surface area contributed by atoms with Gasteiger partial charge in [-0.15, -0.1) is 0 Å². The zero-order chi connectivity index (χ0) is 14.0. The maximum atomic E-state index is 12.3. The van der Waals surface area contributed by atoms with Gasteiger partial charge in [-0.3, -0.25) is 0 Å². The van der Waals surface area contributed by atoms with Crippen LogP contribution in [0.5, 0.6) is 0 Å². The first-order valence-corrected chi connectivity index (χ1v) is 7.81. The Labute approximate surface area is 113 Å². The lowest BCUT2D eigenvalue weighted by molar-refractivity contribution is 0.544. The van der Waals surface area contributed by atoms with Crippen molar-refractivity contribution in [3.63, 3.8) is 0 Å². The van der Waals surface area contributed by atoms with E-state index >= 15 is 0 Å². The molecule has 0 spiro atoms. The highest BCUT2D eigenvalue weighted by molar-refractivity contribution is 7.89. The Morgan fingerprint density at radius 3 is 2.84 bits per heavy atom. The molecule has 0 bridgehead atoms. The second-order valence-corrected chi connectivity index (χ2v) is 6.45. The number of nitrogen functional groups attached to an aromatic ring is 1. The van der Waals surface area contributed by atoms with E-state index in [1.165, 1.54) is 6.20 Å². The second kappa shape index (κ2) is 5.22. The molecular weight excluding hydrogens is 262 g/mol. The summed E-state index contributed by atoms with van der Waals surface area (Å²) in [7, 11) is -3.52. The van der Waals surface area contributed by atoms with Crippen LogP contribution in [0.15, 0.2) is 29.3 Å². The van der Waals surface area contributed by atoms with Gasteiger partial charge in [-0.25, -0.2) is 13.1 Å². The lowest BCUT2D eigenvalue weighted by Gasteiger charge is -2.12. The molecule has 0 amide bonds. The normalized spacial score (nSPS) is 13.8. The fourth-order valence-electron chi connectivity index (χ4n) is 2.16. The van der Waals surface area contributed by atoms with Crippen molar-refractivity contribution in [1.82, 2.24) is 9.71 Å². The van der Waals surface area contributed by atoms with E-state index < -0.39 is 10.0 Å². The predicted octanol–water partition coefficient (Wildman–Crippen LogP) is 2.22. The van der Waals surface area contributed by atoms with Crippen molar-refractivity contribution in [2.45, 2.75) is 37.6 Å². The zero-order valence-corrected chi connectivity index (χ0v) is 11.9. The molecule has 0 aliphatic rings. The first kappa shape index (κ1) is 13.9. The molecule has 1 unspecified atom stereocenters. The number of nitrogens with two attached hydrogens (primary N) is 1. The fourth-order valence-corrected chi connectivity index (χ4v) is 3.60. The molecule has 6 heteroatoms. The predicted molar refractivity (Wildman–Crippen MR) is 77.4 cm³/mol. The minimum Gasteiger partial charge on any atom is -0.399 e. The molecule has 104 valence electrons. The third-order valence-corrected chi connectivity index (χ3v) is 4.66. The van der Waals surface area contributed by atoms with Crippen LogP contribution in [-0.2, 0) is 10.0 Å². The molecule has 0 fully saturated rings. The summed E-state index contributed by atoms with van der Waals surface area (Å²) in [6, 6.07) is 5.10. The number of sulfonamides is 1. The van der Waals surface area contributed by atoms with E-state index in [0.717, 1.165) is 18.4 Å². The number of nitrogens with one attached hydrogen (secondary N) is 2. The van der Waals surface area contributed by atoms with Crippen molar-refractivity contribution < 1.29 is 8.42 Å². The van der Waals surface area contributed by atoms with Crippen LogP contribution >= 0.6 is 0 Å². The van der Waals surface area contributed by atoms with Gasteiger partial charge in [-0.1, -0.05) is 13.3 Å². The summed E-state index contributed by atoms with van der Waals surface area (Å²) in [5, 5.41) is 0.621. The third kappa shape index (κ3) is 2.90. The van der Waals surface area contributed by atoms with Gasteiger partial charge in [0.25, 0.3) is 0 Å². The summed E-state index contributed by atoms with van der Waals surface area (Å²) >= 11 is 0. The number of fused-ring (bicyclic) bond motifs is 1. The van der Waals surface area contributed by atoms with Gasteiger partial charge in [-0.2, -0.15) is 0 Å². The Kier molecular flexibility index (Phi) is 3.82. The number of aromatic amines is 1. The minimum atomic E-state index is -3.52. The third-order valence-electron chi connectivity index (χ3n) is 3.04. The van der Waals surface area contributed by atoms with Gasteiger partial charge in [-0.05, 0) is 31.5 Å². The molecule has 0 saturated carbocycles. The Bertz CT molecular complexity index is 676. The number of hydrogen-bond acceptors (Lipinski definition) is 3. The standard InChI is InChI=1S/C13H19N3O2S/c1-3-4-9(2)16-19(17,18)13-8-15-12-6-5-10(14)7-11(12)13/h5-9,15-16H,3-4,14H2,1-2H3. The lowest BCUT2D eigenvalue weighted by atomic mass is 10.2. The van der Waals surface area contributed by atoms with E-state index in [1.54, 1.807) is 18.2 Å². The number of aromatic nitrogens is 1. The van der Waals surface area contributed by atoms with Crippen molar-refractivity contribution in [2.24, 2.45) is 0 Å². The largest absolute Gasteiger partial charge is 0.399 e. The van der Waals surface area contributed by atoms with Crippen LogP contribution in [0.25, 0.3) is 10.9 Å². The molecule has 4 N–H and O–H groups in total. The molecule has 5 nitrogen and oxygen atoms in total. The van der Waals surface area contributed by atoms with Crippen molar-refractivity contribution in [1.29, 1.82) is 0 Å². The quantitative estimate of drug-likeness (QED) is 0.734. The Hall–Kier alpha value is -1.53. The van der Waals surface area contributed by atoms with Gasteiger partial charge >= 0.3 is 0 Å². The topological polar surface area (TPSA) is 88.0 Å². The van der Waals surface area contributed by atoms with Crippen LogP contribution in [0.4, 0.5) is 5.69 Å². The van der Waals surface area contributed by atoms with Crippen LogP contribution in [0.3, 0.4) is 0 Å². The van der Waals surface area contributed by atoms with Gasteiger partial charge in [0.2, 0.25) is 10.0 Å². The van der Waals surface area contributed by atoms with Crippen molar-refractivity contribution >= 4 is 26.6 Å². The molecular formula is C13H19N3O2S. The van der Waals surface area contributed by atoms with Crippen LogP contribution in [-0.4, -0.2) is 19.4 Å². The highest BCUT2D eigenvalue weighted by atomic mass is 32.2. The molecule has 1 aromatic heterocycles. The van der Waals surface area contributed by atoms with E-state index in [1.807, 2.05) is 13.8 Å². The molecule has 0 aliphatic carbocycles.